The van der Waals surface area contributed by atoms with Gasteiger partial charge < -0.3 is 5.11 Å². The van der Waals surface area contributed by atoms with Crippen molar-refractivity contribution in [3.63, 3.8) is 0 Å². The van der Waals surface area contributed by atoms with Crippen LogP contribution < -0.4 is 0 Å². The molecule has 17 heavy (non-hydrogen) atoms. The van der Waals surface area contributed by atoms with E-state index < -0.39 is 6.09 Å². The predicted molar refractivity (Wildman–Crippen MR) is 72.4 cm³/mol. The first-order chi connectivity index (χ1) is 7.84. The quantitative estimate of drug-likeness (QED) is 0.861. The highest BCUT2D eigenvalue weighted by Gasteiger charge is 2.25. The topological polar surface area (TPSA) is 40.5 Å². The highest BCUT2D eigenvalue weighted by molar-refractivity contribution is 9.08. The number of hydrogen-bond donors (Lipinski definition) is 1. The average molecular weight is 300 g/mol. The molecule has 1 N–H and O–H groups in total. The van der Waals surface area contributed by atoms with Gasteiger partial charge in [-0.3, -0.25) is 4.90 Å². The summed E-state index contributed by atoms with van der Waals surface area (Å²) in [5, 5.41) is 10.0. The van der Waals surface area contributed by atoms with Gasteiger partial charge in [-0.15, -0.1) is 0 Å². The monoisotopic (exact) mass is 299 g/mol. The van der Waals surface area contributed by atoms with E-state index in [0.29, 0.717) is 6.54 Å². The van der Waals surface area contributed by atoms with E-state index in [1.807, 2.05) is 45.0 Å². The van der Waals surface area contributed by atoms with Crippen molar-refractivity contribution in [2.24, 2.45) is 0 Å². The molecule has 0 radical (unpaired) electrons. The standard InChI is InChI=1S/C13H18BrNO2/c1-13(2,3)15(12(16)17)9-11-6-4-10(8-14)5-7-11/h4-7H,8-9H2,1-3H3,(H,16,17). The molecule has 0 saturated carbocycles. The van der Waals surface area contributed by atoms with Gasteiger partial charge in [0.2, 0.25) is 0 Å². The van der Waals surface area contributed by atoms with Gasteiger partial charge in [-0.1, -0.05) is 40.2 Å². The van der Waals surface area contributed by atoms with E-state index in [1.54, 1.807) is 0 Å². The fraction of sp³-hybridized carbons (Fsp3) is 0.462. The molecular weight excluding hydrogens is 282 g/mol. The second-order valence-corrected chi connectivity index (χ2v) is 5.55. The molecule has 4 heteroatoms. The summed E-state index contributed by atoms with van der Waals surface area (Å²) < 4.78 is 0. The number of alkyl halides is 1. The summed E-state index contributed by atoms with van der Waals surface area (Å²) in [6.45, 7) is 6.11. The van der Waals surface area contributed by atoms with Crippen LogP contribution in [0.2, 0.25) is 0 Å². The summed E-state index contributed by atoms with van der Waals surface area (Å²) in [6.07, 6.45) is -0.887. The van der Waals surface area contributed by atoms with Gasteiger partial charge in [0.1, 0.15) is 0 Å². The maximum Gasteiger partial charge on any atom is 0.408 e. The van der Waals surface area contributed by atoms with Crippen LogP contribution in [0.1, 0.15) is 31.9 Å². The number of halogens is 1. The fourth-order valence-corrected chi connectivity index (χ4v) is 1.88. The maximum atomic E-state index is 11.2. The van der Waals surface area contributed by atoms with Crippen molar-refractivity contribution in [1.29, 1.82) is 0 Å². The zero-order valence-corrected chi connectivity index (χ0v) is 12.0. The van der Waals surface area contributed by atoms with E-state index in [9.17, 15) is 9.90 Å². The number of hydrogen-bond acceptors (Lipinski definition) is 1. The van der Waals surface area contributed by atoms with Crippen LogP contribution in [-0.2, 0) is 11.9 Å². The Bertz CT molecular complexity index is 381. The lowest BCUT2D eigenvalue weighted by atomic mass is 10.0. The lowest BCUT2D eigenvalue weighted by molar-refractivity contribution is 0.0955. The van der Waals surface area contributed by atoms with E-state index in [1.165, 1.54) is 10.5 Å². The summed E-state index contributed by atoms with van der Waals surface area (Å²) in [6, 6.07) is 7.95. The summed E-state index contributed by atoms with van der Waals surface area (Å²) in [4.78, 5) is 12.6. The minimum atomic E-state index is -0.887. The van der Waals surface area contributed by atoms with Gasteiger partial charge in [0.05, 0.1) is 0 Å². The number of benzene rings is 1. The molecule has 0 heterocycles. The molecule has 1 aromatic rings. The molecule has 0 aliphatic rings. The minimum Gasteiger partial charge on any atom is -0.465 e. The third-order valence-corrected chi connectivity index (χ3v) is 3.21. The Morgan fingerprint density at radius 3 is 2.06 bits per heavy atom. The molecule has 1 aromatic carbocycles. The molecular formula is C13H18BrNO2. The third kappa shape index (κ3) is 4.04. The molecule has 0 bridgehead atoms. The lowest BCUT2D eigenvalue weighted by Crippen LogP contribution is -2.44. The molecule has 0 saturated heterocycles. The molecule has 0 fully saturated rings. The van der Waals surface area contributed by atoms with Gasteiger partial charge in [-0.05, 0) is 31.9 Å². The summed E-state index contributed by atoms with van der Waals surface area (Å²) in [5.41, 5.74) is 1.80. The smallest absolute Gasteiger partial charge is 0.408 e. The zero-order chi connectivity index (χ0) is 13.1. The highest BCUT2D eigenvalue weighted by atomic mass is 79.9. The SMILES string of the molecule is CC(C)(C)N(Cc1ccc(CBr)cc1)C(=O)O. The van der Waals surface area contributed by atoms with Crippen molar-refractivity contribution in [2.45, 2.75) is 38.2 Å². The van der Waals surface area contributed by atoms with Crippen LogP contribution in [0.3, 0.4) is 0 Å². The zero-order valence-electron chi connectivity index (χ0n) is 10.4. The van der Waals surface area contributed by atoms with Crippen LogP contribution in [0.15, 0.2) is 24.3 Å². The van der Waals surface area contributed by atoms with Crippen LogP contribution >= 0.6 is 15.9 Å². The Labute approximate surface area is 111 Å². The molecule has 0 unspecified atom stereocenters. The second kappa shape index (κ2) is 5.54. The van der Waals surface area contributed by atoms with E-state index in [2.05, 4.69) is 15.9 Å². The van der Waals surface area contributed by atoms with Gasteiger partial charge >= 0.3 is 6.09 Å². The number of carboxylic acid groups (broad SMARTS) is 1. The number of rotatable bonds is 3. The molecule has 94 valence electrons. The fourth-order valence-electron chi connectivity index (χ4n) is 1.51. The molecule has 1 rings (SSSR count). The Kier molecular flexibility index (Phi) is 4.57. The van der Waals surface area contributed by atoms with Gasteiger partial charge in [0.25, 0.3) is 0 Å². The average Bonchev–Trinajstić information content (AvgIpc) is 2.24. The van der Waals surface area contributed by atoms with E-state index in [0.717, 1.165) is 10.9 Å². The van der Waals surface area contributed by atoms with Crippen molar-refractivity contribution in [2.75, 3.05) is 0 Å². The number of nitrogens with zero attached hydrogens (tertiary/aromatic N) is 1. The van der Waals surface area contributed by atoms with Crippen LogP contribution in [0, 0.1) is 0 Å². The summed E-state index contributed by atoms with van der Waals surface area (Å²) >= 11 is 3.38. The van der Waals surface area contributed by atoms with Crippen molar-refractivity contribution >= 4 is 22.0 Å². The van der Waals surface area contributed by atoms with Crippen LogP contribution in [-0.4, -0.2) is 21.6 Å². The van der Waals surface area contributed by atoms with E-state index >= 15 is 0 Å². The molecule has 0 aliphatic carbocycles. The van der Waals surface area contributed by atoms with Crippen LogP contribution in [0.25, 0.3) is 0 Å². The largest absolute Gasteiger partial charge is 0.465 e. The first-order valence-corrected chi connectivity index (χ1v) is 6.61. The Morgan fingerprint density at radius 1 is 1.24 bits per heavy atom. The Balaban J connectivity index is 2.83. The molecule has 3 nitrogen and oxygen atoms in total. The van der Waals surface area contributed by atoms with Crippen molar-refractivity contribution < 1.29 is 9.90 Å². The Hall–Kier alpha value is -1.03. The summed E-state index contributed by atoms with van der Waals surface area (Å²) in [5.74, 6) is 0. The van der Waals surface area contributed by atoms with Crippen molar-refractivity contribution in [3.05, 3.63) is 35.4 Å². The lowest BCUT2D eigenvalue weighted by Gasteiger charge is -2.33. The van der Waals surface area contributed by atoms with Gasteiger partial charge in [0.15, 0.2) is 0 Å². The normalized spacial score (nSPS) is 11.3. The molecule has 0 atom stereocenters. The number of amides is 1. The first kappa shape index (κ1) is 14.0. The molecule has 0 aromatic heterocycles. The van der Waals surface area contributed by atoms with Crippen LogP contribution in [0.5, 0.6) is 0 Å². The van der Waals surface area contributed by atoms with Crippen molar-refractivity contribution in [3.8, 4) is 0 Å². The van der Waals surface area contributed by atoms with Gasteiger partial charge in [-0.25, -0.2) is 4.79 Å². The Morgan fingerprint density at radius 2 is 1.71 bits per heavy atom. The maximum absolute atomic E-state index is 11.2. The predicted octanol–water partition coefficient (Wildman–Crippen LogP) is 3.86. The van der Waals surface area contributed by atoms with E-state index in [-0.39, 0.29) is 5.54 Å². The molecule has 0 spiro atoms. The van der Waals surface area contributed by atoms with Gasteiger partial charge in [-0.2, -0.15) is 0 Å². The van der Waals surface area contributed by atoms with Gasteiger partial charge in [0, 0.05) is 17.4 Å². The minimum absolute atomic E-state index is 0.389. The van der Waals surface area contributed by atoms with E-state index in [4.69, 9.17) is 0 Å². The molecule has 1 amide bonds. The van der Waals surface area contributed by atoms with Crippen LogP contribution in [0.4, 0.5) is 4.79 Å². The third-order valence-electron chi connectivity index (χ3n) is 2.56. The second-order valence-electron chi connectivity index (χ2n) is 4.99. The summed E-state index contributed by atoms with van der Waals surface area (Å²) in [7, 11) is 0. The highest BCUT2D eigenvalue weighted by Crippen LogP contribution is 2.18. The molecule has 0 aliphatic heterocycles. The first-order valence-electron chi connectivity index (χ1n) is 5.49. The van der Waals surface area contributed by atoms with Crippen molar-refractivity contribution in [1.82, 2.24) is 4.90 Å². The number of carbonyl (C=O) groups is 1.